The minimum absolute atomic E-state index is 0.173. The quantitative estimate of drug-likeness (QED) is 0.704. The van der Waals surface area contributed by atoms with Crippen molar-refractivity contribution in [2.45, 2.75) is 52.5 Å². The number of carbonyl (C=O) groups is 1. The molecule has 1 fully saturated rings. The Hall–Kier alpha value is -0.610. The largest absolute Gasteiger partial charge is 0.356 e. The highest BCUT2D eigenvalue weighted by atomic mass is 16.1. The molecule has 0 radical (unpaired) electrons. The van der Waals surface area contributed by atoms with Gasteiger partial charge in [-0.15, -0.1) is 0 Å². The fourth-order valence-corrected chi connectivity index (χ4v) is 2.58. The minimum Gasteiger partial charge on any atom is -0.356 e. The topological polar surface area (TPSA) is 44.4 Å². The van der Waals surface area contributed by atoms with E-state index in [1.807, 2.05) is 0 Å². The average Bonchev–Trinajstić information content (AvgIpc) is 2.38. The van der Waals surface area contributed by atoms with Crippen LogP contribution in [-0.2, 0) is 4.79 Å². The van der Waals surface area contributed by atoms with Gasteiger partial charge in [0, 0.05) is 32.1 Å². The van der Waals surface area contributed by atoms with Crippen LogP contribution in [0.2, 0.25) is 0 Å². The van der Waals surface area contributed by atoms with Gasteiger partial charge in [0.15, 0.2) is 0 Å². The van der Waals surface area contributed by atoms with E-state index >= 15 is 0 Å². The van der Waals surface area contributed by atoms with Crippen molar-refractivity contribution >= 4 is 5.91 Å². The zero-order chi connectivity index (χ0) is 14.1. The van der Waals surface area contributed by atoms with Gasteiger partial charge in [-0.05, 0) is 38.3 Å². The Bertz CT molecular complexity index is 248. The van der Waals surface area contributed by atoms with E-state index in [-0.39, 0.29) is 5.91 Å². The molecule has 0 aliphatic carbocycles. The summed E-state index contributed by atoms with van der Waals surface area (Å²) in [5, 5.41) is 6.43. The van der Waals surface area contributed by atoms with E-state index in [2.05, 4.69) is 36.3 Å². The van der Waals surface area contributed by atoms with Gasteiger partial charge in [0.1, 0.15) is 0 Å². The molecule has 112 valence electrons. The lowest BCUT2D eigenvalue weighted by molar-refractivity contribution is -0.121. The van der Waals surface area contributed by atoms with Gasteiger partial charge >= 0.3 is 0 Å². The normalized spacial score (nSPS) is 17.9. The third kappa shape index (κ3) is 7.53. The van der Waals surface area contributed by atoms with E-state index in [1.165, 1.54) is 32.5 Å². The van der Waals surface area contributed by atoms with Crippen molar-refractivity contribution < 1.29 is 4.79 Å². The van der Waals surface area contributed by atoms with Crippen LogP contribution in [0, 0.1) is 5.92 Å². The van der Waals surface area contributed by atoms with Crippen LogP contribution in [-0.4, -0.2) is 49.6 Å². The Kier molecular flexibility index (Phi) is 8.07. The molecule has 0 bridgehead atoms. The Balaban J connectivity index is 2.05. The summed E-state index contributed by atoms with van der Waals surface area (Å²) < 4.78 is 0. The molecule has 4 nitrogen and oxygen atoms in total. The fourth-order valence-electron chi connectivity index (χ4n) is 2.58. The van der Waals surface area contributed by atoms with Crippen molar-refractivity contribution in [1.82, 2.24) is 15.5 Å². The van der Waals surface area contributed by atoms with Gasteiger partial charge in [-0.1, -0.05) is 20.8 Å². The zero-order valence-corrected chi connectivity index (χ0v) is 12.9. The first-order valence-electron chi connectivity index (χ1n) is 7.84. The van der Waals surface area contributed by atoms with Crippen molar-refractivity contribution in [3.8, 4) is 0 Å². The number of carbonyl (C=O) groups excluding carboxylic acids is 1. The van der Waals surface area contributed by atoms with E-state index < -0.39 is 0 Å². The molecule has 19 heavy (non-hydrogen) atoms. The smallest absolute Gasteiger partial charge is 0.221 e. The minimum atomic E-state index is 0.173. The molecule has 0 atom stereocenters. The summed E-state index contributed by atoms with van der Waals surface area (Å²) in [6.45, 7) is 11.8. The van der Waals surface area contributed by atoms with Gasteiger partial charge in [0.2, 0.25) is 5.91 Å². The number of nitrogens with one attached hydrogen (secondary N) is 2. The Labute approximate surface area is 118 Å². The summed E-state index contributed by atoms with van der Waals surface area (Å²) in [5.74, 6) is 0.929. The van der Waals surface area contributed by atoms with Crippen molar-refractivity contribution in [3.05, 3.63) is 0 Å². The maximum Gasteiger partial charge on any atom is 0.221 e. The van der Waals surface area contributed by atoms with E-state index in [0.29, 0.717) is 12.5 Å². The van der Waals surface area contributed by atoms with Gasteiger partial charge in [-0.2, -0.15) is 0 Å². The molecule has 1 amide bonds. The van der Waals surface area contributed by atoms with Crippen molar-refractivity contribution in [3.63, 3.8) is 0 Å². The van der Waals surface area contributed by atoms with E-state index in [9.17, 15) is 4.79 Å². The molecule has 0 aromatic heterocycles. The SMILES string of the molecule is CCCNC(=O)CCNC1CCN(CC(C)C)CC1. The van der Waals surface area contributed by atoms with Crippen LogP contribution in [0.5, 0.6) is 0 Å². The fraction of sp³-hybridized carbons (Fsp3) is 0.933. The maximum atomic E-state index is 11.5. The summed E-state index contributed by atoms with van der Waals surface area (Å²) in [6, 6.07) is 0.599. The van der Waals surface area contributed by atoms with Crippen molar-refractivity contribution in [2.75, 3.05) is 32.7 Å². The molecule has 1 aliphatic rings. The first-order valence-corrected chi connectivity index (χ1v) is 7.84. The highest BCUT2D eigenvalue weighted by Crippen LogP contribution is 2.11. The number of rotatable bonds is 8. The summed E-state index contributed by atoms with van der Waals surface area (Å²) in [7, 11) is 0. The average molecular weight is 269 g/mol. The molecule has 0 spiro atoms. The van der Waals surface area contributed by atoms with Crippen LogP contribution in [0.25, 0.3) is 0 Å². The number of nitrogens with zero attached hydrogens (tertiary/aromatic N) is 1. The van der Waals surface area contributed by atoms with Crippen LogP contribution < -0.4 is 10.6 Å². The van der Waals surface area contributed by atoms with Gasteiger partial charge in [0.25, 0.3) is 0 Å². The van der Waals surface area contributed by atoms with Crippen LogP contribution >= 0.6 is 0 Å². The summed E-state index contributed by atoms with van der Waals surface area (Å²) in [5.41, 5.74) is 0. The molecular formula is C15H31N3O. The van der Waals surface area contributed by atoms with E-state index in [4.69, 9.17) is 0 Å². The molecule has 1 saturated heterocycles. The summed E-state index contributed by atoms with van der Waals surface area (Å²) in [4.78, 5) is 14.0. The number of hydrogen-bond acceptors (Lipinski definition) is 3. The highest BCUT2D eigenvalue weighted by Gasteiger charge is 2.19. The predicted octanol–water partition coefficient (Wildman–Crippen LogP) is 1.61. The standard InChI is InChI=1S/C15H31N3O/c1-4-8-17-15(19)5-9-16-14-6-10-18(11-7-14)12-13(2)3/h13-14,16H,4-12H2,1-3H3,(H,17,19). The molecule has 4 heteroatoms. The predicted molar refractivity (Wildman–Crippen MR) is 80.2 cm³/mol. The number of piperidine rings is 1. The third-order valence-corrected chi connectivity index (χ3v) is 3.57. The second-order valence-corrected chi connectivity index (χ2v) is 6.02. The number of likely N-dealkylation sites (tertiary alicyclic amines) is 1. The maximum absolute atomic E-state index is 11.5. The molecule has 0 aromatic rings. The highest BCUT2D eigenvalue weighted by molar-refractivity contribution is 5.75. The second-order valence-electron chi connectivity index (χ2n) is 6.02. The monoisotopic (exact) mass is 269 g/mol. The molecule has 2 N–H and O–H groups in total. The third-order valence-electron chi connectivity index (χ3n) is 3.57. The zero-order valence-electron chi connectivity index (χ0n) is 12.9. The molecular weight excluding hydrogens is 238 g/mol. The van der Waals surface area contributed by atoms with Gasteiger partial charge in [0.05, 0.1) is 0 Å². The summed E-state index contributed by atoms with van der Waals surface area (Å²) >= 11 is 0. The van der Waals surface area contributed by atoms with Gasteiger partial charge in [-0.3, -0.25) is 4.79 Å². The summed E-state index contributed by atoms with van der Waals surface area (Å²) in [6.07, 6.45) is 4.03. The van der Waals surface area contributed by atoms with E-state index in [1.54, 1.807) is 0 Å². The number of hydrogen-bond donors (Lipinski definition) is 2. The lowest BCUT2D eigenvalue weighted by Crippen LogP contribution is -2.44. The Morgan fingerprint density at radius 1 is 1.26 bits per heavy atom. The van der Waals surface area contributed by atoms with Crippen molar-refractivity contribution in [2.24, 2.45) is 5.92 Å². The van der Waals surface area contributed by atoms with Crippen molar-refractivity contribution in [1.29, 1.82) is 0 Å². The Morgan fingerprint density at radius 2 is 1.95 bits per heavy atom. The van der Waals surface area contributed by atoms with Gasteiger partial charge < -0.3 is 15.5 Å². The molecule has 0 unspecified atom stereocenters. The molecule has 1 rings (SSSR count). The van der Waals surface area contributed by atoms with Crippen LogP contribution in [0.1, 0.15) is 46.5 Å². The molecule has 0 aromatic carbocycles. The number of amides is 1. The molecule has 1 aliphatic heterocycles. The van der Waals surface area contributed by atoms with Gasteiger partial charge in [-0.25, -0.2) is 0 Å². The van der Waals surface area contributed by atoms with Crippen LogP contribution in [0.4, 0.5) is 0 Å². The van der Waals surface area contributed by atoms with Crippen LogP contribution in [0.15, 0.2) is 0 Å². The van der Waals surface area contributed by atoms with Crippen LogP contribution in [0.3, 0.4) is 0 Å². The molecule has 1 heterocycles. The first-order chi connectivity index (χ1) is 9.11. The van der Waals surface area contributed by atoms with E-state index in [0.717, 1.165) is 25.4 Å². The second kappa shape index (κ2) is 9.32. The first kappa shape index (κ1) is 16.4. The molecule has 0 saturated carbocycles. The lowest BCUT2D eigenvalue weighted by atomic mass is 10.0. The Morgan fingerprint density at radius 3 is 2.53 bits per heavy atom. The lowest BCUT2D eigenvalue weighted by Gasteiger charge is -2.33.